The van der Waals surface area contributed by atoms with E-state index in [0.717, 1.165) is 26.8 Å². The Labute approximate surface area is 139 Å². The molecule has 2 aromatic carbocycles. The van der Waals surface area contributed by atoms with Crippen molar-refractivity contribution in [2.45, 2.75) is 6.92 Å². The molecule has 5 nitrogen and oxygen atoms in total. The van der Waals surface area contributed by atoms with Gasteiger partial charge in [-0.15, -0.1) is 0 Å². The number of nitrogens with one attached hydrogen (secondary N) is 1. The van der Waals surface area contributed by atoms with Crippen LogP contribution in [0.15, 0.2) is 60.9 Å². The van der Waals surface area contributed by atoms with Crippen LogP contribution in [0, 0.1) is 5.21 Å². The minimum atomic E-state index is -0.196. The molecule has 5 heteroatoms. The van der Waals surface area contributed by atoms with E-state index in [2.05, 4.69) is 10.3 Å². The zero-order chi connectivity index (χ0) is 16.9. The molecular formula is C19H17N3O2. The Balaban J connectivity index is 2.04. The maximum atomic E-state index is 12.6. The number of hydrogen-bond acceptors (Lipinski definition) is 3. The summed E-state index contributed by atoms with van der Waals surface area (Å²) < 4.78 is 0.853. The smallest absolute Gasteiger partial charge is 0.256 e. The largest absolute Gasteiger partial charge is 0.624 e. The van der Waals surface area contributed by atoms with Crippen molar-refractivity contribution in [2.75, 3.05) is 11.9 Å². The van der Waals surface area contributed by atoms with Gasteiger partial charge in [0.1, 0.15) is 0 Å². The number of hydroxylamine groups is 1. The van der Waals surface area contributed by atoms with Gasteiger partial charge in [0.05, 0.1) is 0 Å². The van der Waals surface area contributed by atoms with E-state index in [1.807, 2.05) is 30.3 Å². The SMILES string of the molecule is CC/[N+]([O-])=C/c1ccc(C(=O)Nc2ccccc2)c2ccncc12. The highest BCUT2D eigenvalue weighted by Crippen LogP contribution is 2.22. The lowest BCUT2D eigenvalue weighted by Gasteiger charge is -2.10. The average Bonchev–Trinajstić information content (AvgIpc) is 2.62. The zero-order valence-corrected chi connectivity index (χ0v) is 13.3. The van der Waals surface area contributed by atoms with Gasteiger partial charge in [-0.3, -0.25) is 9.78 Å². The Bertz CT molecular complexity index is 905. The van der Waals surface area contributed by atoms with Crippen molar-refractivity contribution in [1.29, 1.82) is 0 Å². The predicted molar refractivity (Wildman–Crippen MR) is 95.5 cm³/mol. The lowest BCUT2D eigenvalue weighted by Crippen LogP contribution is -2.13. The normalized spacial score (nSPS) is 11.5. The number of anilines is 1. The Morgan fingerprint density at radius 2 is 1.96 bits per heavy atom. The first-order chi connectivity index (χ1) is 11.7. The van der Waals surface area contributed by atoms with E-state index in [-0.39, 0.29) is 5.91 Å². The van der Waals surface area contributed by atoms with Crippen LogP contribution in [0.2, 0.25) is 0 Å². The Kier molecular flexibility index (Phi) is 4.52. The van der Waals surface area contributed by atoms with E-state index in [0.29, 0.717) is 12.1 Å². The van der Waals surface area contributed by atoms with Crippen molar-refractivity contribution in [3.8, 4) is 0 Å². The molecule has 0 radical (unpaired) electrons. The molecular weight excluding hydrogens is 302 g/mol. The highest BCUT2D eigenvalue weighted by molar-refractivity contribution is 6.15. The molecule has 0 saturated heterocycles. The molecule has 1 heterocycles. The molecule has 24 heavy (non-hydrogen) atoms. The minimum absolute atomic E-state index is 0.196. The molecule has 3 rings (SSSR count). The van der Waals surface area contributed by atoms with Crippen LogP contribution in [-0.4, -0.2) is 28.4 Å². The van der Waals surface area contributed by atoms with Gasteiger partial charge in [0.2, 0.25) is 0 Å². The summed E-state index contributed by atoms with van der Waals surface area (Å²) in [6.45, 7) is 2.14. The maximum absolute atomic E-state index is 12.6. The quantitative estimate of drug-likeness (QED) is 0.347. The van der Waals surface area contributed by atoms with E-state index < -0.39 is 0 Å². The molecule has 120 valence electrons. The van der Waals surface area contributed by atoms with Crippen molar-refractivity contribution in [2.24, 2.45) is 0 Å². The number of pyridine rings is 1. The number of benzene rings is 2. The summed E-state index contributed by atoms with van der Waals surface area (Å²) in [5, 5.41) is 16.1. The second kappa shape index (κ2) is 6.91. The third kappa shape index (κ3) is 3.25. The summed E-state index contributed by atoms with van der Waals surface area (Å²) in [6.07, 6.45) is 4.83. The van der Waals surface area contributed by atoms with E-state index in [1.165, 1.54) is 6.21 Å². The third-order valence-electron chi connectivity index (χ3n) is 3.72. The highest BCUT2D eigenvalue weighted by atomic mass is 16.5. The van der Waals surface area contributed by atoms with Gasteiger partial charge in [-0.2, -0.15) is 0 Å². The number of carbonyl (C=O) groups excluding carboxylic acids is 1. The van der Waals surface area contributed by atoms with Crippen LogP contribution in [0.5, 0.6) is 0 Å². The highest BCUT2D eigenvalue weighted by Gasteiger charge is 2.13. The summed E-state index contributed by atoms with van der Waals surface area (Å²) in [4.78, 5) is 16.7. The number of nitrogens with zero attached hydrogens (tertiary/aromatic N) is 2. The van der Waals surface area contributed by atoms with Crippen LogP contribution in [-0.2, 0) is 0 Å². The Morgan fingerprint density at radius 1 is 1.17 bits per heavy atom. The molecule has 1 N–H and O–H groups in total. The fourth-order valence-electron chi connectivity index (χ4n) is 2.49. The number of amides is 1. The number of aromatic nitrogens is 1. The number of rotatable bonds is 4. The molecule has 0 fully saturated rings. The van der Waals surface area contributed by atoms with Crippen LogP contribution in [0.4, 0.5) is 5.69 Å². The number of fused-ring (bicyclic) bond motifs is 1. The van der Waals surface area contributed by atoms with Crippen molar-refractivity contribution in [3.63, 3.8) is 0 Å². The first-order valence-corrected chi connectivity index (χ1v) is 7.71. The maximum Gasteiger partial charge on any atom is 0.256 e. The second-order valence-corrected chi connectivity index (χ2v) is 5.31. The van der Waals surface area contributed by atoms with Gasteiger partial charge in [-0.05, 0) is 42.6 Å². The van der Waals surface area contributed by atoms with Crippen LogP contribution in [0.3, 0.4) is 0 Å². The third-order valence-corrected chi connectivity index (χ3v) is 3.72. The van der Waals surface area contributed by atoms with E-state index in [9.17, 15) is 10.0 Å². The number of carbonyl (C=O) groups is 1. The van der Waals surface area contributed by atoms with Gasteiger partial charge in [0.15, 0.2) is 12.8 Å². The van der Waals surface area contributed by atoms with Crippen LogP contribution < -0.4 is 5.32 Å². The van der Waals surface area contributed by atoms with Crippen molar-refractivity contribution >= 4 is 28.6 Å². The fourth-order valence-corrected chi connectivity index (χ4v) is 2.49. The summed E-state index contributed by atoms with van der Waals surface area (Å²) in [5.41, 5.74) is 2.02. The van der Waals surface area contributed by atoms with Crippen LogP contribution in [0.1, 0.15) is 22.8 Å². The van der Waals surface area contributed by atoms with Crippen molar-refractivity contribution in [1.82, 2.24) is 4.98 Å². The minimum Gasteiger partial charge on any atom is -0.624 e. The van der Waals surface area contributed by atoms with Gasteiger partial charge in [0, 0.05) is 34.6 Å². The monoisotopic (exact) mass is 319 g/mol. The molecule has 0 atom stereocenters. The first-order valence-electron chi connectivity index (χ1n) is 7.71. The zero-order valence-electron chi connectivity index (χ0n) is 13.3. The lowest BCUT2D eigenvalue weighted by atomic mass is 10.0. The van der Waals surface area contributed by atoms with E-state index in [4.69, 9.17) is 0 Å². The van der Waals surface area contributed by atoms with Gasteiger partial charge in [0.25, 0.3) is 5.91 Å². The van der Waals surface area contributed by atoms with Crippen molar-refractivity contribution in [3.05, 3.63) is 77.3 Å². The van der Waals surface area contributed by atoms with Gasteiger partial charge >= 0.3 is 0 Å². The molecule has 0 bridgehead atoms. The second-order valence-electron chi connectivity index (χ2n) is 5.31. The molecule has 1 amide bonds. The molecule has 0 aliphatic heterocycles. The summed E-state index contributed by atoms with van der Waals surface area (Å²) in [6, 6.07) is 14.6. The van der Waals surface area contributed by atoms with Crippen molar-refractivity contribution < 1.29 is 9.53 Å². The molecule has 3 aromatic rings. The van der Waals surface area contributed by atoms with E-state index >= 15 is 0 Å². The Hall–Kier alpha value is -3.21. The average molecular weight is 319 g/mol. The van der Waals surface area contributed by atoms with Gasteiger partial charge in [-0.1, -0.05) is 18.2 Å². The number of para-hydroxylation sites is 1. The summed E-state index contributed by atoms with van der Waals surface area (Å²) in [5.74, 6) is -0.196. The summed E-state index contributed by atoms with van der Waals surface area (Å²) >= 11 is 0. The number of hydrogen-bond donors (Lipinski definition) is 1. The Morgan fingerprint density at radius 3 is 2.71 bits per heavy atom. The fraction of sp³-hybridized carbons (Fsp3) is 0.105. The standard InChI is InChI=1S/C19H17N3O2/c1-2-22(24)13-14-8-9-17(16-10-11-20-12-18(14)16)19(23)21-15-6-4-3-5-7-15/h3-13H,2H2,1H3,(H,21,23)/b22-13-. The molecule has 1 aromatic heterocycles. The lowest BCUT2D eigenvalue weighted by molar-refractivity contribution is -0.447. The van der Waals surface area contributed by atoms with E-state index in [1.54, 1.807) is 37.5 Å². The molecule has 0 saturated carbocycles. The predicted octanol–water partition coefficient (Wildman–Crippen LogP) is 3.44. The molecule has 0 unspecified atom stereocenters. The van der Waals surface area contributed by atoms with Gasteiger partial charge in [-0.25, -0.2) is 4.74 Å². The molecule has 0 spiro atoms. The summed E-state index contributed by atoms with van der Waals surface area (Å²) in [7, 11) is 0. The van der Waals surface area contributed by atoms with Crippen LogP contribution in [0.25, 0.3) is 10.8 Å². The molecule has 0 aliphatic carbocycles. The first kappa shape index (κ1) is 15.7. The molecule has 0 aliphatic rings. The topological polar surface area (TPSA) is 68.1 Å². The van der Waals surface area contributed by atoms with Crippen LogP contribution >= 0.6 is 0 Å². The van der Waals surface area contributed by atoms with Gasteiger partial charge < -0.3 is 10.5 Å².